The van der Waals surface area contributed by atoms with Gasteiger partial charge in [-0.15, -0.1) is 11.8 Å². The van der Waals surface area contributed by atoms with Crippen LogP contribution in [0.15, 0.2) is 88.7 Å². The van der Waals surface area contributed by atoms with E-state index in [0.717, 1.165) is 9.80 Å². The number of nitrogens with one attached hydrogen (secondary N) is 1. The molecule has 1 aliphatic rings. The van der Waals surface area contributed by atoms with E-state index >= 15 is 0 Å². The minimum absolute atomic E-state index is 0.0312. The Morgan fingerprint density at radius 3 is 2.18 bits per heavy atom. The van der Waals surface area contributed by atoms with Crippen LogP contribution in [0, 0.1) is 0 Å². The van der Waals surface area contributed by atoms with Crippen molar-refractivity contribution in [3.63, 3.8) is 0 Å². The van der Waals surface area contributed by atoms with E-state index in [-0.39, 0.29) is 28.7 Å². The van der Waals surface area contributed by atoms with E-state index in [4.69, 9.17) is 5.73 Å². The number of sulfonamides is 1. The molecule has 3 amide bonds. The predicted octanol–water partition coefficient (Wildman–Crippen LogP) is 3.01. The molecule has 1 fully saturated rings. The minimum atomic E-state index is -3.70. The average molecular weight is 482 g/mol. The Kier molecular flexibility index (Phi) is 6.21. The van der Waals surface area contributed by atoms with Gasteiger partial charge in [0.25, 0.3) is 10.0 Å². The second-order valence-corrected chi connectivity index (χ2v) is 10.2. The van der Waals surface area contributed by atoms with Gasteiger partial charge in [-0.3, -0.25) is 19.1 Å². The number of nitrogens with zero attached hydrogens (tertiary/aromatic N) is 1. The van der Waals surface area contributed by atoms with E-state index in [2.05, 4.69) is 4.72 Å². The number of imide groups is 1. The van der Waals surface area contributed by atoms with Gasteiger partial charge in [0.2, 0.25) is 17.7 Å². The van der Waals surface area contributed by atoms with Crippen molar-refractivity contribution in [2.45, 2.75) is 21.5 Å². The lowest BCUT2D eigenvalue weighted by atomic mass is 10.2. The van der Waals surface area contributed by atoms with Crippen LogP contribution >= 0.6 is 11.8 Å². The lowest BCUT2D eigenvalue weighted by Crippen LogP contribution is -2.31. The Bertz CT molecular complexity index is 1310. The van der Waals surface area contributed by atoms with Crippen molar-refractivity contribution in [1.82, 2.24) is 0 Å². The molecule has 0 aliphatic carbocycles. The summed E-state index contributed by atoms with van der Waals surface area (Å²) in [5.74, 6) is -1.29. The lowest BCUT2D eigenvalue weighted by Gasteiger charge is -2.15. The minimum Gasteiger partial charge on any atom is -0.366 e. The third kappa shape index (κ3) is 4.91. The molecule has 0 bridgehead atoms. The first-order valence-corrected chi connectivity index (χ1v) is 12.2. The third-order valence-corrected chi connectivity index (χ3v) is 7.55. The van der Waals surface area contributed by atoms with Crippen LogP contribution in [0.5, 0.6) is 0 Å². The predicted molar refractivity (Wildman–Crippen MR) is 125 cm³/mol. The molecule has 3 aromatic rings. The Morgan fingerprint density at radius 2 is 1.58 bits per heavy atom. The van der Waals surface area contributed by atoms with Crippen LogP contribution in [0.4, 0.5) is 11.4 Å². The fourth-order valence-corrected chi connectivity index (χ4v) is 5.46. The highest BCUT2D eigenvalue weighted by atomic mass is 32.2. The van der Waals surface area contributed by atoms with E-state index in [9.17, 15) is 22.8 Å². The van der Waals surface area contributed by atoms with Gasteiger partial charge in [0.1, 0.15) is 0 Å². The standard InChI is InChI=1S/C23H19N3O5S2/c24-22(28)15-6-10-17(11-7-15)26-21(27)14-20(23(26)29)32-18-12-8-16(9-13-18)25-33(30,31)19-4-2-1-3-5-19/h1-13,20,25H,14H2,(H2,24,28). The molecule has 10 heteroatoms. The van der Waals surface area contributed by atoms with Crippen molar-refractivity contribution in [3.8, 4) is 0 Å². The Balaban J connectivity index is 1.43. The molecular weight excluding hydrogens is 462 g/mol. The first-order valence-electron chi connectivity index (χ1n) is 9.86. The van der Waals surface area contributed by atoms with Crippen LogP contribution in [0.25, 0.3) is 0 Å². The lowest BCUT2D eigenvalue weighted by molar-refractivity contribution is -0.121. The molecule has 4 rings (SSSR count). The summed E-state index contributed by atoms with van der Waals surface area (Å²) in [5.41, 5.74) is 6.27. The number of benzene rings is 3. The number of thioether (sulfide) groups is 1. The molecule has 1 unspecified atom stereocenters. The smallest absolute Gasteiger partial charge is 0.261 e. The summed E-state index contributed by atoms with van der Waals surface area (Å²) < 4.78 is 27.4. The van der Waals surface area contributed by atoms with Gasteiger partial charge in [0, 0.05) is 22.6 Å². The molecule has 168 valence electrons. The van der Waals surface area contributed by atoms with Crippen molar-refractivity contribution in [1.29, 1.82) is 0 Å². The van der Waals surface area contributed by atoms with Crippen LogP contribution < -0.4 is 15.4 Å². The number of anilines is 2. The molecule has 0 radical (unpaired) electrons. The number of carbonyl (C=O) groups is 3. The zero-order valence-electron chi connectivity index (χ0n) is 17.2. The monoisotopic (exact) mass is 481 g/mol. The summed E-state index contributed by atoms with van der Waals surface area (Å²) in [4.78, 5) is 38.5. The fourth-order valence-electron chi connectivity index (χ4n) is 3.32. The molecule has 1 heterocycles. The number of nitrogens with two attached hydrogens (primary N) is 1. The zero-order valence-corrected chi connectivity index (χ0v) is 18.8. The van der Waals surface area contributed by atoms with Crippen molar-refractivity contribution in [2.75, 3.05) is 9.62 Å². The molecular formula is C23H19N3O5S2. The summed E-state index contributed by atoms with van der Waals surface area (Å²) in [6.07, 6.45) is 0.0312. The van der Waals surface area contributed by atoms with Crippen molar-refractivity contribution < 1.29 is 22.8 Å². The SMILES string of the molecule is NC(=O)c1ccc(N2C(=O)CC(Sc3ccc(NS(=O)(=O)c4ccccc4)cc3)C2=O)cc1. The van der Waals surface area contributed by atoms with Crippen LogP contribution in [-0.4, -0.2) is 31.4 Å². The Hall–Kier alpha value is -3.63. The largest absolute Gasteiger partial charge is 0.366 e. The Morgan fingerprint density at radius 1 is 0.939 bits per heavy atom. The molecule has 8 nitrogen and oxygen atoms in total. The van der Waals surface area contributed by atoms with Crippen molar-refractivity contribution in [2.24, 2.45) is 5.73 Å². The van der Waals surface area contributed by atoms with E-state index in [1.54, 1.807) is 42.5 Å². The summed E-state index contributed by atoms with van der Waals surface area (Å²) >= 11 is 1.23. The van der Waals surface area contributed by atoms with E-state index in [1.165, 1.54) is 48.2 Å². The highest BCUT2D eigenvalue weighted by Crippen LogP contribution is 2.34. The van der Waals surface area contributed by atoms with Gasteiger partial charge < -0.3 is 5.73 Å². The van der Waals surface area contributed by atoms with Gasteiger partial charge >= 0.3 is 0 Å². The average Bonchev–Trinajstić information content (AvgIpc) is 3.08. The first kappa shape index (κ1) is 22.6. The normalized spacial score (nSPS) is 16.1. The second kappa shape index (κ2) is 9.08. The molecule has 3 aromatic carbocycles. The summed E-state index contributed by atoms with van der Waals surface area (Å²) in [5, 5.41) is -0.611. The highest BCUT2D eigenvalue weighted by Gasteiger charge is 2.40. The summed E-state index contributed by atoms with van der Waals surface area (Å²) in [6.45, 7) is 0. The molecule has 0 spiro atoms. The number of primary amides is 1. The summed E-state index contributed by atoms with van der Waals surface area (Å²) in [6, 6.07) is 20.6. The van der Waals surface area contributed by atoms with E-state index < -0.39 is 21.2 Å². The maximum absolute atomic E-state index is 12.9. The van der Waals surface area contributed by atoms with Gasteiger partial charge in [-0.1, -0.05) is 18.2 Å². The number of amides is 3. The van der Waals surface area contributed by atoms with Gasteiger partial charge in [-0.25, -0.2) is 13.3 Å². The third-order valence-electron chi connectivity index (χ3n) is 4.95. The fraction of sp³-hybridized carbons (Fsp3) is 0.0870. The molecule has 1 aliphatic heterocycles. The van der Waals surface area contributed by atoms with E-state index in [0.29, 0.717) is 11.4 Å². The van der Waals surface area contributed by atoms with E-state index in [1.807, 2.05) is 0 Å². The summed E-state index contributed by atoms with van der Waals surface area (Å²) in [7, 11) is -3.70. The van der Waals surface area contributed by atoms with Crippen LogP contribution in [-0.2, 0) is 19.6 Å². The van der Waals surface area contributed by atoms with Gasteiger partial charge in [0.15, 0.2) is 0 Å². The molecule has 1 saturated heterocycles. The van der Waals surface area contributed by atoms with Crippen LogP contribution in [0.1, 0.15) is 16.8 Å². The van der Waals surface area contributed by atoms with Crippen LogP contribution in [0.3, 0.4) is 0 Å². The number of hydrogen-bond donors (Lipinski definition) is 2. The van der Waals surface area contributed by atoms with Crippen LogP contribution in [0.2, 0.25) is 0 Å². The number of hydrogen-bond acceptors (Lipinski definition) is 6. The molecule has 1 atom stereocenters. The van der Waals surface area contributed by atoms with Gasteiger partial charge in [-0.2, -0.15) is 0 Å². The highest BCUT2D eigenvalue weighted by molar-refractivity contribution is 8.00. The number of rotatable bonds is 7. The number of carbonyl (C=O) groups excluding carboxylic acids is 3. The maximum Gasteiger partial charge on any atom is 0.261 e. The first-order chi connectivity index (χ1) is 15.7. The maximum atomic E-state index is 12.9. The molecule has 33 heavy (non-hydrogen) atoms. The topological polar surface area (TPSA) is 127 Å². The second-order valence-electron chi connectivity index (χ2n) is 7.23. The molecule has 0 saturated carbocycles. The quantitative estimate of drug-likeness (QED) is 0.500. The van der Waals surface area contributed by atoms with Gasteiger partial charge in [0.05, 0.1) is 15.8 Å². The molecule has 3 N–H and O–H groups in total. The zero-order chi connectivity index (χ0) is 23.6. The van der Waals surface area contributed by atoms with Gasteiger partial charge in [-0.05, 0) is 60.7 Å². The van der Waals surface area contributed by atoms with Crippen molar-refractivity contribution >= 4 is 50.9 Å². The Labute approximate surface area is 194 Å². The molecule has 0 aromatic heterocycles. The van der Waals surface area contributed by atoms with Crippen molar-refractivity contribution in [3.05, 3.63) is 84.4 Å².